The Balaban J connectivity index is 2.82. The first-order valence-corrected chi connectivity index (χ1v) is 5.73. The average molecular weight is 266 g/mol. The summed E-state index contributed by atoms with van der Waals surface area (Å²) in [7, 11) is 1.46. The van der Waals surface area contributed by atoms with E-state index in [-0.39, 0.29) is 17.9 Å². The molecule has 6 heteroatoms. The maximum Gasteiger partial charge on any atom is 0.255 e. The third-order valence-electron chi connectivity index (χ3n) is 2.81. The maximum atomic E-state index is 11.9. The van der Waals surface area contributed by atoms with Crippen LogP contribution in [0.1, 0.15) is 24.2 Å². The lowest BCUT2D eigenvalue weighted by Crippen LogP contribution is -2.42. The summed E-state index contributed by atoms with van der Waals surface area (Å²) in [6.45, 7) is 3.33. The van der Waals surface area contributed by atoms with Gasteiger partial charge in [-0.25, -0.2) is 0 Å². The number of nitrogens with one attached hydrogen (secondary N) is 1. The minimum Gasteiger partial charge on any atom is -0.507 e. The Morgan fingerprint density at radius 2 is 2.05 bits per heavy atom. The molecule has 0 aliphatic carbocycles. The molecule has 4 N–H and O–H groups in total. The Labute approximate surface area is 111 Å². The van der Waals surface area contributed by atoms with Crippen LogP contribution in [-0.2, 0) is 4.79 Å². The molecule has 0 fully saturated rings. The van der Waals surface area contributed by atoms with Crippen molar-refractivity contribution in [3.8, 4) is 11.5 Å². The van der Waals surface area contributed by atoms with E-state index < -0.39 is 17.2 Å². The van der Waals surface area contributed by atoms with Crippen molar-refractivity contribution >= 4 is 11.8 Å². The fourth-order valence-corrected chi connectivity index (χ4v) is 1.31. The summed E-state index contributed by atoms with van der Waals surface area (Å²) in [4.78, 5) is 23.1. The smallest absolute Gasteiger partial charge is 0.255 e. The van der Waals surface area contributed by atoms with E-state index in [1.807, 2.05) is 0 Å². The van der Waals surface area contributed by atoms with Crippen molar-refractivity contribution in [3.63, 3.8) is 0 Å². The highest BCUT2D eigenvalue weighted by atomic mass is 16.5. The minimum absolute atomic E-state index is 0.0812. The van der Waals surface area contributed by atoms with Gasteiger partial charge in [0.05, 0.1) is 18.1 Å². The number of methoxy groups -OCH3 is 1. The molecule has 2 amide bonds. The third-order valence-corrected chi connectivity index (χ3v) is 2.81. The number of carbonyl (C=O) groups is 2. The van der Waals surface area contributed by atoms with Crippen molar-refractivity contribution < 1.29 is 19.4 Å². The number of hydrogen-bond acceptors (Lipinski definition) is 4. The lowest BCUT2D eigenvalue weighted by molar-refractivity contribution is -0.125. The molecule has 0 unspecified atom stereocenters. The van der Waals surface area contributed by atoms with Crippen LogP contribution < -0.4 is 15.8 Å². The Morgan fingerprint density at radius 3 is 2.58 bits per heavy atom. The van der Waals surface area contributed by atoms with Gasteiger partial charge in [-0.05, 0) is 32.0 Å². The van der Waals surface area contributed by atoms with Crippen LogP contribution in [0.2, 0.25) is 0 Å². The highest BCUT2D eigenvalue weighted by Crippen LogP contribution is 2.23. The number of phenolic OH excluding ortho intramolecular Hbond substituents is 1. The van der Waals surface area contributed by atoms with Gasteiger partial charge in [0.25, 0.3) is 5.91 Å². The lowest BCUT2D eigenvalue weighted by atomic mass is 9.92. The van der Waals surface area contributed by atoms with E-state index in [2.05, 4.69) is 5.32 Å². The fraction of sp³-hybridized carbons (Fsp3) is 0.385. The molecule has 1 rings (SSSR count). The summed E-state index contributed by atoms with van der Waals surface area (Å²) in [5.41, 5.74) is 4.44. The van der Waals surface area contributed by atoms with Crippen molar-refractivity contribution in [3.05, 3.63) is 23.8 Å². The standard InChI is InChI=1S/C13H18N2O4/c1-13(2,12(14)18)7-15-11(17)9-6-8(19-3)4-5-10(9)16/h4-6,16H,7H2,1-3H3,(H2,14,18)(H,15,17). The minimum atomic E-state index is -0.857. The van der Waals surface area contributed by atoms with Crippen molar-refractivity contribution in [1.29, 1.82) is 0 Å². The van der Waals surface area contributed by atoms with Gasteiger partial charge in [-0.1, -0.05) is 0 Å². The number of nitrogens with two attached hydrogens (primary N) is 1. The summed E-state index contributed by atoms with van der Waals surface area (Å²) < 4.78 is 4.98. The number of ether oxygens (including phenoxy) is 1. The third kappa shape index (κ3) is 3.61. The molecule has 104 valence electrons. The summed E-state index contributed by atoms with van der Waals surface area (Å²) in [6, 6.07) is 4.33. The predicted octanol–water partition coefficient (Wildman–Crippen LogP) is 0.642. The number of aromatic hydroxyl groups is 1. The molecule has 0 aromatic heterocycles. The molecule has 0 saturated carbocycles. The molecule has 6 nitrogen and oxygen atoms in total. The number of amides is 2. The highest BCUT2D eigenvalue weighted by molar-refractivity contribution is 5.97. The highest BCUT2D eigenvalue weighted by Gasteiger charge is 2.26. The number of benzene rings is 1. The molecule has 0 aliphatic heterocycles. The Hall–Kier alpha value is -2.24. The van der Waals surface area contributed by atoms with Gasteiger partial charge < -0.3 is 20.9 Å². The molecule has 0 saturated heterocycles. The first-order chi connectivity index (χ1) is 8.77. The number of carbonyl (C=O) groups excluding carboxylic acids is 2. The molecule has 0 radical (unpaired) electrons. The zero-order chi connectivity index (χ0) is 14.6. The quantitative estimate of drug-likeness (QED) is 0.728. The van der Waals surface area contributed by atoms with Crippen molar-refractivity contribution in [2.24, 2.45) is 11.1 Å². The summed E-state index contributed by atoms with van der Waals surface area (Å²) >= 11 is 0. The van der Waals surface area contributed by atoms with Gasteiger partial charge in [0.2, 0.25) is 5.91 Å². The van der Waals surface area contributed by atoms with Crippen LogP contribution in [0.5, 0.6) is 11.5 Å². The fourth-order valence-electron chi connectivity index (χ4n) is 1.31. The molecule has 1 aromatic rings. The summed E-state index contributed by atoms with van der Waals surface area (Å²) in [5, 5.41) is 12.2. The number of phenols is 1. The molecule has 1 aromatic carbocycles. The molecular weight excluding hydrogens is 248 g/mol. The van der Waals surface area contributed by atoms with Gasteiger partial charge in [-0.2, -0.15) is 0 Å². The molecule has 0 spiro atoms. The molecule has 0 aliphatic rings. The van der Waals surface area contributed by atoms with Crippen molar-refractivity contribution in [1.82, 2.24) is 5.32 Å². The second-order valence-corrected chi connectivity index (χ2v) is 4.81. The van der Waals surface area contributed by atoms with Crippen LogP contribution in [-0.4, -0.2) is 30.6 Å². The monoisotopic (exact) mass is 266 g/mol. The zero-order valence-corrected chi connectivity index (χ0v) is 11.2. The zero-order valence-electron chi connectivity index (χ0n) is 11.2. The van der Waals surface area contributed by atoms with E-state index in [0.717, 1.165) is 0 Å². The first kappa shape index (κ1) is 14.8. The first-order valence-electron chi connectivity index (χ1n) is 5.73. The summed E-state index contributed by atoms with van der Waals surface area (Å²) in [6.07, 6.45) is 0. The SMILES string of the molecule is COc1ccc(O)c(C(=O)NCC(C)(C)C(N)=O)c1. The summed E-state index contributed by atoms with van der Waals surface area (Å²) in [5.74, 6) is -0.708. The van der Waals surface area contributed by atoms with Gasteiger partial charge >= 0.3 is 0 Å². The van der Waals surface area contributed by atoms with Gasteiger partial charge in [0, 0.05) is 6.54 Å². The Kier molecular flexibility index (Phi) is 4.37. The molecule has 0 bridgehead atoms. The molecule has 0 atom stereocenters. The van der Waals surface area contributed by atoms with Gasteiger partial charge in [-0.3, -0.25) is 9.59 Å². The topological polar surface area (TPSA) is 102 Å². The van der Waals surface area contributed by atoms with Crippen molar-refractivity contribution in [2.45, 2.75) is 13.8 Å². The van der Waals surface area contributed by atoms with Gasteiger partial charge in [0.15, 0.2) is 0 Å². The molecule has 0 heterocycles. The molecule has 19 heavy (non-hydrogen) atoms. The largest absolute Gasteiger partial charge is 0.507 e. The maximum absolute atomic E-state index is 11.9. The van der Waals surface area contributed by atoms with Gasteiger partial charge in [0.1, 0.15) is 11.5 Å². The second kappa shape index (κ2) is 5.60. The van der Waals surface area contributed by atoms with Crippen LogP contribution >= 0.6 is 0 Å². The second-order valence-electron chi connectivity index (χ2n) is 4.81. The number of hydrogen-bond donors (Lipinski definition) is 3. The number of rotatable bonds is 5. The molecular formula is C13H18N2O4. The van der Waals surface area contributed by atoms with Gasteiger partial charge in [-0.15, -0.1) is 0 Å². The normalized spacial score (nSPS) is 10.9. The van der Waals surface area contributed by atoms with E-state index in [4.69, 9.17) is 10.5 Å². The van der Waals surface area contributed by atoms with E-state index in [1.165, 1.54) is 19.2 Å². The number of primary amides is 1. The predicted molar refractivity (Wildman–Crippen MR) is 70.0 cm³/mol. The van der Waals surface area contributed by atoms with E-state index in [1.54, 1.807) is 19.9 Å². The van der Waals surface area contributed by atoms with Crippen LogP contribution in [0.25, 0.3) is 0 Å². The van der Waals surface area contributed by atoms with E-state index in [0.29, 0.717) is 5.75 Å². The van der Waals surface area contributed by atoms with E-state index in [9.17, 15) is 14.7 Å². The van der Waals surface area contributed by atoms with Crippen LogP contribution in [0.3, 0.4) is 0 Å². The Morgan fingerprint density at radius 1 is 1.42 bits per heavy atom. The average Bonchev–Trinajstić information content (AvgIpc) is 2.36. The van der Waals surface area contributed by atoms with E-state index >= 15 is 0 Å². The van der Waals surface area contributed by atoms with Crippen molar-refractivity contribution in [2.75, 3.05) is 13.7 Å². The van der Waals surface area contributed by atoms with Crippen LogP contribution in [0, 0.1) is 5.41 Å². The van der Waals surface area contributed by atoms with Crippen LogP contribution in [0.4, 0.5) is 0 Å². The lowest BCUT2D eigenvalue weighted by Gasteiger charge is -2.20. The Bertz CT molecular complexity index is 497. The van der Waals surface area contributed by atoms with Crippen LogP contribution in [0.15, 0.2) is 18.2 Å².